The van der Waals surface area contributed by atoms with Crippen LogP contribution in [-0.2, 0) is 20.7 Å². The summed E-state index contributed by atoms with van der Waals surface area (Å²) in [6.45, 7) is -0.145. The van der Waals surface area contributed by atoms with Crippen molar-refractivity contribution in [2.75, 3.05) is 13.7 Å². The lowest BCUT2D eigenvalue weighted by molar-refractivity contribution is -0.148. The van der Waals surface area contributed by atoms with Crippen LogP contribution in [-0.4, -0.2) is 47.9 Å². The van der Waals surface area contributed by atoms with Crippen LogP contribution in [0.15, 0.2) is 24.3 Å². The monoisotopic (exact) mass is 282 g/mol. The summed E-state index contributed by atoms with van der Waals surface area (Å²) >= 11 is 0. The highest BCUT2D eigenvalue weighted by Gasteiger charge is 2.20. The van der Waals surface area contributed by atoms with Gasteiger partial charge in [0.05, 0.1) is 12.6 Å². The molecule has 1 aromatic carbocycles. The number of hydrogen-bond donors (Lipinski definition) is 4. The average molecular weight is 282 g/mol. The highest BCUT2D eigenvalue weighted by molar-refractivity contribution is 5.82. The summed E-state index contributed by atoms with van der Waals surface area (Å²) in [4.78, 5) is 22.4. The number of amides is 1. The number of phenolic OH excluding ortho intramolecular Hbond substituents is 1. The molecule has 0 aliphatic rings. The molecule has 20 heavy (non-hydrogen) atoms. The zero-order valence-corrected chi connectivity index (χ0v) is 11.1. The molecule has 1 unspecified atom stereocenters. The number of methoxy groups -OCH3 is 1. The summed E-state index contributed by atoms with van der Waals surface area (Å²) in [5.41, 5.74) is 6.53. The Kier molecular flexibility index (Phi) is 5.95. The van der Waals surface area contributed by atoms with Crippen LogP contribution in [0.25, 0.3) is 0 Å². The van der Waals surface area contributed by atoms with Gasteiger partial charge in [0.15, 0.2) is 6.10 Å². The van der Waals surface area contributed by atoms with E-state index in [9.17, 15) is 9.59 Å². The number of benzene rings is 1. The van der Waals surface area contributed by atoms with Crippen LogP contribution in [0.3, 0.4) is 0 Å². The lowest BCUT2D eigenvalue weighted by Gasteiger charge is -2.15. The van der Waals surface area contributed by atoms with Crippen LogP contribution in [0.5, 0.6) is 5.75 Å². The van der Waals surface area contributed by atoms with Gasteiger partial charge in [0.2, 0.25) is 5.91 Å². The van der Waals surface area contributed by atoms with Gasteiger partial charge in [0.25, 0.3) is 0 Å². The van der Waals surface area contributed by atoms with Crippen LogP contribution in [0.2, 0.25) is 0 Å². The Balaban J connectivity index is 2.46. The molecule has 0 saturated heterocycles. The summed E-state index contributed by atoms with van der Waals surface area (Å²) < 4.78 is 4.69. The van der Waals surface area contributed by atoms with E-state index in [1.807, 2.05) is 0 Å². The smallest absolute Gasteiger partial charge is 0.334 e. The lowest BCUT2D eigenvalue weighted by atomic mass is 10.1. The first-order valence-corrected chi connectivity index (χ1v) is 6.01. The Hall–Kier alpha value is -2.12. The Labute approximate surface area is 116 Å². The quantitative estimate of drug-likeness (QED) is 0.533. The number of carboxylic acids is 1. The predicted octanol–water partition coefficient (Wildman–Crippen LogP) is -0.522. The van der Waals surface area contributed by atoms with Crippen molar-refractivity contribution in [3.8, 4) is 5.75 Å². The normalized spacial score (nSPS) is 13.5. The van der Waals surface area contributed by atoms with Crippen molar-refractivity contribution in [1.29, 1.82) is 0 Å². The molecule has 7 heteroatoms. The van der Waals surface area contributed by atoms with E-state index in [2.05, 4.69) is 5.32 Å². The van der Waals surface area contributed by atoms with Crippen molar-refractivity contribution in [3.05, 3.63) is 29.8 Å². The van der Waals surface area contributed by atoms with Gasteiger partial charge in [-0.1, -0.05) is 12.1 Å². The number of aromatic hydroxyl groups is 1. The number of carboxylic acid groups (broad SMARTS) is 1. The maximum absolute atomic E-state index is 11.7. The van der Waals surface area contributed by atoms with E-state index in [1.54, 1.807) is 12.1 Å². The second kappa shape index (κ2) is 7.46. The minimum atomic E-state index is -1.15. The number of nitrogens with one attached hydrogen (secondary N) is 1. The summed E-state index contributed by atoms with van der Waals surface area (Å²) in [6.07, 6.45) is -0.809. The number of phenols is 1. The molecule has 0 heterocycles. The summed E-state index contributed by atoms with van der Waals surface area (Å²) in [6, 6.07) is 5.54. The van der Waals surface area contributed by atoms with Gasteiger partial charge in [0, 0.05) is 7.11 Å². The molecule has 0 fully saturated rings. The SMILES string of the molecule is COC(CNC(=O)[C@H](N)Cc1ccc(O)cc1)C(=O)O. The molecular formula is C13H18N2O5. The van der Waals surface area contributed by atoms with Gasteiger partial charge >= 0.3 is 5.97 Å². The second-order valence-corrected chi connectivity index (χ2v) is 4.28. The molecule has 0 spiro atoms. The molecule has 0 aliphatic heterocycles. The van der Waals surface area contributed by atoms with Crippen LogP contribution >= 0.6 is 0 Å². The fraction of sp³-hybridized carbons (Fsp3) is 0.385. The van der Waals surface area contributed by atoms with E-state index < -0.39 is 24.0 Å². The van der Waals surface area contributed by atoms with E-state index in [4.69, 9.17) is 20.7 Å². The third-order valence-electron chi connectivity index (χ3n) is 2.75. The van der Waals surface area contributed by atoms with Gasteiger partial charge in [-0.25, -0.2) is 4.79 Å². The van der Waals surface area contributed by atoms with Gasteiger partial charge in [-0.3, -0.25) is 4.79 Å². The topological polar surface area (TPSA) is 122 Å². The maximum atomic E-state index is 11.7. The minimum Gasteiger partial charge on any atom is -0.508 e. The van der Waals surface area contributed by atoms with Gasteiger partial charge in [-0.05, 0) is 24.1 Å². The van der Waals surface area contributed by atoms with Crippen LogP contribution < -0.4 is 11.1 Å². The molecule has 5 N–H and O–H groups in total. The number of nitrogens with two attached hydrogens (primary N) is 1. The van der Waals surface area contributed by atoms with E-state index in [-0.39, 0.29) is 18.7 Å². The fourth-order valence-corrected chi connectivity index (χ4v) is 1.57. The Morgan fingerprint density at radius 2 is 1.95 bits per heavy atom. The summed E-state index contributed by atoms with van der Waals surface area (Å²) in [5.74, 6) is -1.47. The third-order valence-corrected chi connectivity index (χ3v) is 2.75. The molecule has 1 aromatic rings. The van der Waals surface area contributed by atoms with Gasteiger partial charge in [-0.2, -0.15) is 0 Å². The van der Waals surface area contributed by atoms with Crippen molar-refractivity contribution >= 4 is 11.9 Å². The van der Waals surface area contributed by atoms with Crippen molar-refractivity contribution in [2.45, 2.75) is 18.6 Å². The molecule has 1 amide bonds. The number of aliphatic carboxylic acids is 1. The number of hydrogen-bond acceptors (Lipinski definition) is 5. The van der Waals surface area contributed by atoms with Crippen molar-refractivity contribution < 1.29 is 24.5 Å². The van der Waals surface area contributed by atoms with Crippen molar-refractivity contribution in [2.24, 2.45) is 5.73 Å². The maximum Gasteiger partial charge on any atom is 0.334 e. The molecule has 0 radical (unpaired) electrons. The van der Waals surface area contributed by atoms with E-state index in [0.717, 1.165) is 5.56 Å². The molecule has 0 bridgehead atoms. The molecule has 2 atom stereocenters. The number of carbonyl (C=O) groups is 2. The van der Waals surface area contributed by atoms with Crippen molar-refractivity contribution in [1.82, 2.24) is 5.32 Å². The summed E-state index contributed by atoms with van der Waals surface area (Å²) in [7, 11) is 1.25. The third kappa shape index (κ3) is 4.87. The van der Waals surface area contributed by atoms with Crippen LogP contribution in [0.4, 0.5) is 0 Å². The fourth-order valence-electron chi connectivity index (χ4n) is 1.57. The minimum absolute atomic E-state index is 0.135. The Bertz CT molecular complexity index is 460. The zero-order valence-electron chi connectivity index (χ0n) is 11.1. The summed E-state index contributed by atoms with van der Waals surface area (Å²) in [5, 5.41) is 20.3. The van der Waals surface area contributed by atoms with E-state index in [1.165, 1.54) is 19.2 Å². The molecule has 0 aliphatic carbocycles. The standard InChI is InChI=1S/C13H18N2O5/c1-20-11(13(18)19)7-15-12(17)10(14)6-8-2-4-9(16)5-3-8/h2-5,10-11,16H,6-7,14H2,1H3,(H,15,17)(H,18,19)/t10-,11?/m1/s1. The second-order valence-electron chi connectivity index (χ2n) is 4.28. The largest absolute Gasteiger partial charge is 0.508 e. The highest BCUT2D eigenvalue weighted by atomic mass is 16.5. The lowest BCUT2D eigenvalue weighted by Crippen LogP contribution is -2.46. The molecule has 0 aromatic heterocycles. The van der Waals surface area contributed by atoms with Crippen LogP contribution in [0.1, 0.15) is 5.56 Å². The van der Waals surface area contributed by atoms with Crippen molar-refractivity contribution in [3.63, 3.8) is 0 Å². The number of ether oxygens (including phenoxy) is 1. The molecular weight excluding hydrogens is 264 g/mol. The number of carbonyl (C=O) groups excluding carboxylic acids is 1. The predicted molar refractivity (Wildman–Crippen MR) is 71.2 cm³/mol. The zero-order chi connectivity index (χ0) is 15.1. The number of rotatable bonds is 7. The molecule has 1 rings (SSSR count). The van der Waals surface area contributed by atoms with E-state index in [0.29, 0.717) is 0 Å². The molecule has 7 nitrogen and oxygen atoms in total. The first-order chi connectivity index (χ1) is 9.43. The van der Waals surface area contributed by atoms with Crippen LogP contribution in [0, 0.1) is 0 Å². The highest BCUT2D eigenvalue weighted by Crippen LogP contribution is 2.10. The van der Waals surface area contributed by atoms with Gasteiger partial charge in [-0.15, -0.1) is 0 Å². The van der Waals surface area contributed by atoms with E-state index >= 15 is 0 Å². The average Bonchev–Trinajstić information content (AvgIpc) is 2.41. The molecule has 110 valence electrons. The Morgan fingerprint density at radius 3 is 2.45 bits per heavy atom. The molecule has 0 saturated carbocycles. The van der Waals surface area contributed by atoms with Gasteiger partial charge in [0.1, 0.15) is 5.75 Å². The first-order valence-electron chi connectivity index (χ1n) is 6.01. The Morgan fingerprint density at radius 1 is 1.35 bits per heavy atom. The first kappa shape index (κ1) is 15.9. The van der Waals surface area contributed by atoms with Gasteiger partial charge < -0.3 is 26.0 Å².